The van der Waals surface area contributed by atoms with E-state index in [1.165, 1.54) is 12.8 Å². The maximum atomic E-state index is 11.6. The van der Waals surface area contributed by atoms with Gasteiger partial charge in [0, 0.05) is 48.3 Å². The maximum absolute atomic E-state index is 11.6. The molecule has 28 heavy (non-hydrogen) atoms. The largest absolute Gasteiger partial charge is 0.496 e. The van der Waals surface area contributed by atoms with Gasteiger partial charge in [-0.15, -0.1) is 0 Å². The summed E-state index contributed by atoms with van der Waals surface area (Å²) < 4.78 is 5.53. The lowest BCUT2D eigenvalue weighted by Crippen LogP contribution is -2.50. The number of fused-ring (bicyclic) bond motifs is 2. The number of aromatic nitrogens is 2. The highest BCUT2D eigenvalue weighted by Gasteiger charge is 2.50. The van der Waals surface area contributed by atoms with Gasteiger partial charge in [-0.05, 0) is 38.7 Å². The Labute approximate surface area is 166 Å². The van der Waals surface area contributed by atoms with Gasteiger partial charge in [-0.3, -0.25) is 0 Å². The Morgan fingerprint density at radius 1 is 1.11 bits per heavy atom. The van der Waals surface area contributed by atoms with E-state index in [0.29, 0.717) is 18.9 Å². The molecular formula is C22H28N4O2. The zero-order chi connectivity index (χ0) is 19.3. The SMILES string of the molecule is COc1ccccc1C1(O)CC2CCC(C1)N2c1nc(C)cc(NC2CC2)n1. The molecule has 1 aromatic heterocycles. The number of ether oxygens (including phenoxy) is 1. The van der Waals surface area contributed by atoms with Gasteiger partial charge in [0.25, 0.3) is 0 Å². The molecule has 148 valence electrons. The van der Waals surface area contributed by atoms with Crippen LogP contribution in [0, 0.1) is 6.92 Å². The van der Waals surface area contributed by atoms with Crippen molar-refractivity contribution in [2.75, 3.05) is 17.3 Å². The van der Waals surface area contributed by atoms with Gasteiger partial charge < -0.3 is 20.1 Å². The van der Waals surface area contributed by atoms with Crippen molar-refractivity contribution in [2.24, 2.45) is 0 Å². The van der Waals surface area contributed by atoms with Crippen molar-refractivity contribution >= 4 is 11.8 Å². The number of methoxy groups -OCH3 is 1. The molecule has 2 N–H and O–H groups in total. The van der Waals surface area contributed by atoms with E-state index in [2.05, 4.69) is 10.2 Å². The van der Waals surface area contributed by atoms with E-state index in [1.807, 2.05) is 37.3 Å². The average Bonchev–Trinajstić information content (AvgIpc) is 3.44. The summed E-state index contributed by atoms with van der Waals surface area (Å²) in [5.41, 5.74) is 1.02. The molecule has 2 bridgehead atoms. The minimum atomic E-state index is -0.867. The summed E-state index contributed by atoms with van der Waals surface area (Å²) in [5, 5.41) is 15.1. The zero-order valence-electron chi connectivity index (χ0n) is 16.6. The van der Waals surface area contributed by atoms with Gasteiger partial charge in [0.05, 0.1) is 12.7 Å². The van der Waals surface area contributed by atoms with E-state index in [4.69, 9.17) is 14.7 Å². The van der Waals surface area contributed by atoms with Crippen LogP contribution in [0.4, 0.5) is 11.8 Å². The number of rotatable bonds is 5. The van der Waals surface area contributed by atoms with Crippen LogP contribution in [0.15, 0.2) is 30.3 Å². The molecule has 3 heterocycles. The van der Waals surface area contributed by atoms with Crippen LogP contribution in [0.3, 0.4) is 0 Å². The van der Waals surface area contributed by atoms with E-state index in [1.54, 1.807) is 7.11 Å². The second-order valence-corrected chi connectivity index (χ2v) is 8.55. The number of hydrogen-bond acceptors (Lipinski definition) is 6. The van der Waals surface area contributed by atoms with Crippen LogP contribution in [0.5, 0.6) is 5.75 Å². The van der Waals surface area contributed by atoms with Gasteiger partial charge in [-0.25, -0.2) is 4.98 Å². The number of aliphatic hydroxyl groups is 1. The fraction of sp³-hybridized carbons (Fsp3) is 0.545. The number of para-hydroxylation sites is 1. The first-order valence-corrected chi connectivity index (χ1v) is 10.3. The Morgan fingerprint density at radius 2 is 1.82 bits per heavy atom. The first kappa shape index (κ1) is 17.7. The van der Waals surface area contributed by atoms with Crippen LogP contribution in [0.2, 0.25) is 0 Å². The van der Waals surface area contributed by atoms with Crippen molar-refractivity contribution in [3.63, 3.8) is 0 Å². The van der Waals surface area contributed by atoms with E-state index in [9.17, 15) is 5.11 Å². The van der Waals surface area contributed by atoms with Gasteiger partial charge in [0.15, 0.2) is 0 Å². The third kappa shape index (κ3) is 3.09. The molecule has 2 saturated heterocycles. The lowest BCUT2D eigenvalue weighted by Gasteiger charge is -2.44. The normalized spacial score (nSPS) is 29.0. The molecule has 1 aliphatic carbocycles. The predicted octanol–water partition coefficient (Wildman–Crippen LogP) is 3.39. The van der Waals surface area contributed by atoms with E-state index < -0.39 is 5.60 Å². The quantitative estimate of drug-likeness (QED) is 0.829. The summed E-state index contributed by atoms with van der Waals surface area (Å²) in [7, 11) is 1.67. The first-order valence-electron chi connectivity index (χ1n) is 10.3. The summed E-state index contributed by atoms with van der Waals surface area (Å²) in [6.07, 6.45) is 5.91. The fourth-order valence-corrected chi connectivity index (χ4v) is 4.98. The topological polar surface area (TPSA) is 70.5 Å². The van der Waals surface area contributed by atoms with Crippen molar-refractivity contribution < 1.29 is 9.84 Å². The molecule has 0 spiro atoms. The van der Waals surface area contributed by atoms with Crippen molar-refractivity contribution in [2.45, 2.75) is 69.2 Å². The number of aryl methyl sites for hydroxylation is 1. The van der Waals surface area contributed by atoms with Crippen molar-refractivity contribution in [1.82, 2.24) is 9.97 Å². The number of benzene rings is 1. The molecule has 0 amide bonds. The predicted molar refractivity (Wildman–Crippen MR) is 109 cm³/mol. The number of hydrogen-bond donors (Lipinski definition) is 2. The van der Waals surface area contributed by atoms with Crippen LogP contribution in [0.1, 0.15) is 49.8 Å². The molecule has 6 heteroatoms. The van der Waals surface area contributed by atoms with Gasteiger partial charge in [-0.1, -0.05) is 18.2 Å². The molecule has 1 aromatic carbocycles. The third-order valence-corrected chi connectivity index (χ3v) is 6.38. The Kier molecular flexibility index (Phi) is 4.19. The van der Waals surface area contributed by atoms with Crippen LogP contribution >= 0.6 is 0 Å². The molecule has 2 aliphatic heterocycles. The highest BCUT2D eigenvalue weighted by molar-refractivity contribution is 5.49. The number of anilines is 2. The van der Waals surface area contributed by atoms with Crippen LogP contribution in [-0.4, -0.2) is 40.3 Å². The zero-order valence-corrected chi connectivity index (χ0v) is 16.6. The minimum Gasteiger partial charge on any atom is -0.496 e. The van der Waals surface area contributed by atoms with Gasteiger partial charge in [0.2, 0.25) is 5.95 Å². The summed E-state index contributed by atoms with van der Waals surface area (Å²) >= 11 is 0. The van der Waals surface area contributed by atoms with Crippen LogP contribution in [0.25, 0.3) is 0 Å². The van der Waals surface area contributed by atoms with Crippen molar-refractivity contribution in [3.8, 4) is 5.75 Å². The highest BCUT2D eigenvalue weighted by Crippen LogP contribution is 2.48. The minimum absolute atomic E-state index is 0.240. The molecule has 5 rings (SSSR count). The Hall–Kier alpha value is -2.34. The second kappa shape index (κ2) is 6.62. The molecule has 3 fully saturated rings. The lowest BCUT2D eigenvalue weighted by molar-refractivity contribution is -0.00525. The molecule has 2 atom stereocenters. The number of piperidine rings is 1. The van der Waals surface area contributed by atoms with Gasteiger partial charge in [0.1, 0.15) is 11.6 Å². The Morgan fingerprint density at radius 3 is 2.50 bits per heavy atom. The summed E-state index contributed by atoms with van der Waals surface area (Å²) in [6, 6.07) is 10.9. The van der Waals surface area contributed by atoms with Crippen LogP contribution in [-0.2, 0) is 5.60 Å². The molecule has 6 nitrogen and oxygen atoms in total. The second-order valence-electron chi connectivity index (χ2n) is 8.55. The summed E-state index contributed by atoms with van der Waals surface area (Å²) in [5.74, 6) is 2.49. The number of nitrogens with one attached hydrogen (secondary N) is 1. The van der Waals surface area contributed by atoms with Gasteiger partial charge in [-0.2, -0.15) is 4.98 Å². The molecule has 2 aromatic rings. The maximum Gasteiger partial charge on any atom is 0.228 e. The molecule has 3 aliphatic rings. The summed E-state index contributed by atoms with van der Waals surface area (Å²) in [4.78, 5) is 11.9. The molecular weight excluding hydrogens is 352 g/mol. The highest BCUT2D eigenvalue weighted by atomic mass is 16.5. The number of nitrogens with zero attached hydrogens (tertiary/aromatic N) is 3. The summed E-state index contributed by atoms with van der Waals surface area (Å²) in [6.45, 7) is 2.03. The monoisotopic (exact) mass is 380 g/mol. The molecule has 2 unspecified atom stereocenters. The standard InChI is InChI=1S/C22H28N4O2/c1-14-11-20(24-15-7-8-15)25-21(23-14)26-16-9-10-17(26)13-22(27,12-16)18-5-3-4-6-19(18)28-2/h3-6,11,15-17,27H,7-10,12-13H2,1-2H3,(H,23,24,25). The van der Waals surface area contributed by atoms with Crippen molar-refractivity contribution in [1.29, 1.82) is 0 Å². The third-order valence-electron chi connectivity index (χ3n) is 6.38. The fourth-order valence-electron chi connectivity index (χ4n) is 4.98. The van der Waals surface area contributed by atoms with E-state index >= 15 is 0 Å². The molecule has 0 radical (unpaired) electrons. The van der Waals surface area contributed by atoms with Gasteiger partial charge >= 0.3 is 0 Å². The Balaban J connectivity index is 1.44. The Bertz CT molecular complexity index is 869. The van der Waals surface area contributed by atoms with E-state index in [-0.39, 0.29) is 12.1 Å². The average molecular weight is 380 g/mol. The van der Waals surface area contributed by atoms with E-state index in [0.717, 1.165) is 41.6 Å². The molecule has 1 saturated carbocycles. The first-order chi connectivity index (χ1) is 13.6. The smallest absolute Gasteiger partial charge is 0.228 e. The lowest BCUT2D eigenvalue weighted by atomic mass is 9.80. The van der Waals surface area contributed by atoms with Crippen molar-refractivity contribution in [3.05, 3.63) is 41.6 Å². The van der Waals surface area contributed by atoms with Crippen LogP contribution < -0.4 is 15.0 Å².